The summed E-state index contributed by atoms with van der Waals surface area (Å²) in [5, 5.41) is 0. The molecule has 0 bridgehead atoms. The van der Waals surface area contributed by atoms with E-state index < -0.39 is 0 Å². The Hall–Kier alpha value is -1.10. The van der Waals surface area contributed by atoms with Gasteiger partial charge in [0.25, 0.3) is 0 Å². The molecule has 22 heavy (non-hydrogen) atoms. The van der Waals surface area contributed by atoms with Gasteiger partial charge in [0.2, 0.25) is 11.8 Å². The topological polar surface area (TPSA) is 66.6 Å². The molecule has 3 unspecified atom stereocenters. The average Bonchev–Trinajstić information content (AvgIpc) is 2.54. The number of rotatable bonds is 4. The smallest absolute Gasteiger partial charge is 0.227 e. The predicted octanol–water partition coefficient (Wildman–Crippen LogP) is 1.61. The highest BCUT2D eigenvalue weighted by Gasteiger charge is 2.33. The van der Waals surface area contributed by atoms with Gasteiger partial charge in [-0.1, -0.05) is 6.92 Å². The second-order valence-electron chi connectivity index (χ2n) is 6.97. The molecule has 2 heterocycles. The summed E-state index contributed by atoms with van der Waals surface area (Å²) in [7, 11) is 0. The molecule has 2 fully saturated rings. The van der Waals surface area contributed by atoms with Gasteiger partial charge in [-0.25, -0.2) is 0 Å². The molecule has 0 aliphatic carbocycles. The number of likely N-dealkylation sites (tertiary alicyclic amines) is 2. The highest BCUT2D eigenvalue weighted by molar-refractivity contribution is 5.81. The highest BCUT2D eigenvalue weighted by atomic mass is 16.2. The lowest BCUT2D eigenvalue weighted by molar-refractivity contribution is -0.142. The van der Waals surface area contributed by atoms with Crippen LogP contribution in [0.25, 0.3) is 0 Å². The van der Waals surface area contributed by atoms with E-state index in [4.69, 9.17) is 5.73 Å². The first kappa shape index (κ1) is 17.3. The SMILES string of the molecule is CCCC(=O)N1CCCC(C(=O)N2CCCC(C(C)N)C2)C1. The van der Waals surface area contributed by atoms with E-state index in [2.05, 4.69) is 0 Å². The van der Waals surface area contributed by atoms with Crippen LogP contribution in [0.2, 0.25) is 0 Å². The van der Waals surface area contributed by atoms with E-state index in [-0.39, 0.29) is 23.8 Å². The Morgan fingerprint density at radius 3 is 2.50 bits per heavy atom. The van der Waals surface area contributed by atoms with Crippen molar-refractivity contribution in [1.82, 2.24) is 9.80 Å². The first-order valence-corrected chi connectivity index (χ1v) is 8.85. The Kier molecular flexibility index (Phi) is 6.24. The zero-order valence-corrected chi connectivity index (χ0v) is 14.1. The van der Waals surface area contributed by atoms with Gasteiger partial charge in [0.15, 0.2) is 0 Å². The number of amides is 2. The van der Waals surface area contributed by atoms with Gasteiger partial charge in [-0.3, -0.25) is 9.59 Å². The Labute approximate surface area is 134 Å². The molecule has 2 rings (SSSR count). The molecule has 3 atom stereocenters. The maximum Gasteiger partial charge on any atom is 0.227 e. The summed E-state index contributed by atoms with van der Waals surface area (Å²) in [4.78, 5) is 28.8. The Bertz CT molecular complexity index is 397. The van der Waals surface area contributed by atoms with E-state index in [0.29, 0.717) is 18.9 Å². The maximum absolute atomic E-state index is 12.8. The molecular formula is C17H31N3O2. The van der Waals surface area contributed by atoms with Gasteiger partial charge in [0.05, 0.1) is 5.92 Å². The van der Waals surface area contributed by atoms with Gasteiger partial charge in [-0.2, -0.15) is 0 Å². The van der Waals surface area contributed by atoms with E-state index >= 15 is 0 Å². The molecule has 2 aliphatic rings. The molecule has 5 heteroatoms. The quantitative estimate of drug-likeness (QED) is 0.858. The monoisotopic (exact) mass is 309 g/mol. The third kappa shape index (κ3) is 4.22. The minimum absolute atomic E-state index is 0.0126. The third-order valence-electron chi connectivity index (χ3n) is 5.10. The number of hydrogen-bond donors (Lipinski definition) is 1. The van der Waals surface area contributed by atoms with E-state index in [9.17, 15) is 9.59 Å². The van der Waals surface area contributed by atoms with Crippen molar-refractivity contribution in [2.75, 3.05) is 26.2 Å². The van der Waals surface area contributed by atoms with Crippen LogP contribution in [-0.2, 0) is 9.59 Å². The lowest BCUT2D eigenvalue weighted by Crippen LogP contribution is -2.50. The van der Waals surface area contributed by atoms with Crippen molar-refractivity contribution in [3.05, 3.63) is 0 Å². The van der Waals surface area contributed by atoms with Crippen molar-refractivity contribution >= 4 is 11.8 Å². The molecule has 0 saturated carbocycles. The predicted molar refractivity (Wildman–Crippen MR) is 87.2 cm³/mol. The molecular weight excluding hydrogens is 278 g/mol. The molecule has 2 amide bonds. The van der Waals surface area contributed by atoms with E-state index in [0.717, 1.165) is 51.7 Å². The lowest BCUT2D eigenvalue weighted by atomic mass is 9.90. The number of piperidine rings is 2. The molecule has 0 radical (unpaired) electrons. The first-order chi connectivity index (χ1) is 10.5. The van der Waals surface area contributed by atoms with Crippen molar-refractivity contribution < 1.29 is 9.59 Å². The van der Waals surface area contributed by atoms with Crippen LogP contribution in [0.3, 0.4) is 0 Å². The Morgan fingerprint density at radius 1 is 1.14 bits per heavy atom. The summed E-state index contributed by atoms with van der Waals surface area (Å²) >= 11 is 0. The number of carbonyl (C=O) groups is 2. The number of carbonyl (C=O) groups excluding carboxylic acids is 2. The summed E-state index contributed by atoms with van der Waals surface area (Å²) < 4.78 is 0. The normalized spacial score (nSPS) is 27.6. The summed E-state index contributed by atoms with van der Waals surface area (Å²) in [6.07, 6.45) is 5.48. The molecule has 2 N–H and O–H groups in total. The molecule has 5 nitrogen and oxygen atoms in total. The van der Waals surface area contributed by atoms with Crippen molar-refractivity contribution in [3.8, 4) is 0 Å². The second-order valence-corrected chi connectivity index (χ2v) is 6.97. The number of nitrogens with two attached hydrogens (primary N) is 1. The largest absolute Gasteiger partial charge is 0.342 e. The number of hydrogen-bond acceptors (Lipinski definition) is 3. The van der Waals surface area contributed by atoms with Gasteiger partial charge < -0.3 is 15.5 Å². The van der Waals surface area contributed by atoms with Gasteiger partial charge in [-0.15, -0.1) is 0 Å². The minimum Gasteiger partial charge on any atom is -0.342 e. The van der Waals surface area contributed by atoms with Crippen LogP contribution < -0.4 is 5.73 Å². The fraction of sp³-hybridized carbons (Fsp3) is 0.882. The van der Waals surface area contributed by atoms with Gasteiger partial charge in [-0.05, 0) is 44.9 Å². The van der Waals surface area contributed by atoms with Crippen molar-refractivity contribution in [2.45, 2.75) is 58.4 Å². The third-order valence-corrected chi connectivity index (χ3v) is 5.10. The van der Waals surface area contributed by atoms with Gasteiger partial charge in [0, 0.05) is 38.6 Å². The highest BCUT2D eigenvalue weighted by Crippen LogP contribution is 2.24. The van der Waals surface area contributed by atoms with E-state index in [1.165, 1.54) is 0 Å². The van der Waals surface area contributed by atoms with Crippen LogP contribution in [0.1, 0.15) is 52.4 Å². The molecule has 0 aromatic carbocycles. The standard InChI is InChI=1S/C17H31N3O2/c1-3-6-16(21)19-9-5-8-15(12-19)17(22)20-10-4-7-14(11-20)13(2)18/h13-15H,3-12,18H2,1-2H3. The molecule has 126 valence electrons. The lowest BCUT2D eigenvalue weighted by Gasteiger charge is -2.39. The van der Waals surface area contributed by atoms with Gasteiger partial charge >= 0.3 is 0 Å². The van der Waals surface area contributed by atoms with Crippen molar-refractivity contribution in [1.29, 1.82) is 0 Å². The fourth-order valence-corrected chi connectivity index (χ4v) is 3.67. The van der Waals surface area contributed by atoms with Crippen LogP contribution in [0, 0.1) is 11.8 Å². The Balaban J connectivity index is 1.92. The molecule has 0 spiro atoms. The molecule has 0 aromatic rings. The fourth-order valence-electron chi connectivity index (χ4n) is 3.67. The van der Waals surface area contributed by atoms with Crippen LogP contribution in [0.15, 0.2) is 0 Å². The summed E-state index contributed by atoms with van der Waals surface area (Å²) in [5.41, 5.74) is 6.01. The zero-order valence-electron chi connectivity index (χ0n) is 14.1. The summed E-state index contributed by atoms with van der Waals surface area (Å²) in [5.74, 6) is 0.840. The van der Waals surface area contributed by atoms with Crippen molar-refractivity contribution in [2.24, 2.45) is 17.6 Å². The van der Waals surface area contributed by atoms with E-state index in [1.807, 2.05) is 23.6 Å². The van der Waals surface area contributed by atoms with Gasteiger partial charge in [0.1, 0.15) is 0 Å². The molecule has 2 aliphatic heterocycles. The maximum atomic E-state index is 12.8. The van der Waals surface area contributed by atoms with E-state index in [1.54, 1.807) is 0 Å². The second kappa shape index (κ2) is 7.95. The average molecular weight is 309 g/mol. The molecule has 0 aromatic heterocycles. The van der Waals surface area contributed by atoms with Crippen LogP contribution in [0.4, 0.5) is 0 Å². The van der Waals surface area contributed by atoms with Crippen molar-refractivity contribution in [3.63, 3.8) is 0 Å². The Morgan fingerprint density at radius 2 is 1.82 bits per heavy atom. The zero-order chi connectivity index (χ0) is 16.1. The summed E-state index contributed by atoms with van der Waals surface area (Å²) in [6.45, 7) is 7.11. The number of nitrogens with zero attached hydrogens (tertiary/aromatic N) is 2. The molecule has 2 saturated heterocycles. The van der Waals surface area contributed by atoms with Crippen LogP contribution in [-0.4, -0.2) is 53.8 Å². The first-order valence-electron chi connectivity index (χ1n) is 8.85. The van der Waals surface area contributed by atoms with Crippen LogP contribution in [0.5, 0.6) is 0 Å². The minimum atomic E-state index is -0.0126. The van der Waals surface area contributed by atoms with Crippen LogP contribution >= 0.6 is 0 Å². The summed E-state index contributed by atoms with van der Waals surface area (Å²) in [6, 6.07) is 0.143.